The largest absolute Gasteiger partial charge is 0.388 e. The molecule has 0 radical (unpaired) electrons. The molecule has 0 amide bonds. The molecular formula is C14H20O7S. The van der Waals surface area contributed by atoms with E-state index < -0.39 is 40.8 Å². The lowest BCUT2D eigenvalue weighted by atomic mass is 10.0. The molecule has 0 aromatic heterocycles. The van der Waals surface area contributed by atoms with E-state index in [4.69, 9.17) is 13.7 Å². The first-order chi connectivity index (χ1) is 10.3. The number of rotatable bonds is 4. The minimum Gasteiger partial charge on any atom is -0.388 e. The molecule has 2 rings (SSSR count). The molecule has 1 aromatic carbocycles. The van der Waals surface area contributed by atoms with Gasteiger partial charge in [0.15, 0.2) is 6.29 Å². The topological polar surface area (TPSA) is 102 Å². The number of methoxy groups -OCH3 is 1. The van der Waals surface area contributed by atoms with Crippen LogP contribution in [-0.2, 0) is 23.8 Å². The van der Waals surface area contributed by atoms with Crippen LogP contribution in [0.4, 0.5) is 0 Å². The van der Waals surface area contributed by atoms with Gasteiger partial charge in [-0.1, -0.05) is 17.7 Å². The van der Waals surface area contributed by atoms with Crippen LogP contribution in [0.25, 0.3) is 0 Å². The highest BCUT2D eigenvalue weighted by molar-refractivity contribution is 7.86. The fraction of sp³-hybridized carbons (Fsp3) is 0.571. The summed E-state index contributed by atoms with van der Waals surface area (Å²) < 4.78 is 39.8. The zero-order valence-corrected chi connectivity index (χ0v) is 13.4. The number of ether oxygens (including phenoxy) is 2. The Labute approximate surface area is 129 Å². The number of aryl methyl sites for hydroxylation is 1. The minimum absolute atomic E-state index is 0.0504. The third kappa shape index (κ3) is 3.48. The average Bonchev–Trinajstić information content (AvgIpc) is 2.48. The maximum absolute atomic E-state index is 12.3. The summed E-state index contributed by atoms with van der Waals surface area (Å²) in [6.45, 7) is 3.37. The van der Waals surface area contributed by atoms with Crippen molar-refractivity contribution in [2.45, 2.75) is 49.4 Å². The zero-order valence-electron chi connectivity index (χ0n) is 12.5. The molecule has 124 valence electrons. The SMILES string of the molecule is CO[C@@H]1O[C@@H](C)[C@H](O)[C@@H](OS(=O)(=O)c2ccc(C)cc2)[C@H]1O. The Morgan fingerprint density at radius 1 is 1.14 bits per heavy atom. The average molecular weight is 332 g/mol. The number of aliphatic hydroxyl groups excluding tert-OH is 2. The summed E-state index contributed by atoms with van der Waals surface area (Å²) >= 11 is 0. The molecule has 0 spiro atoms. The van der Waals surface area contributed by atoms with Crippen LogP contribution >= 0.6 is 0 Å². The van der Waals surface area contributed by atoms with E-state index >= 15 is 0 Å². The third-order valence-corrected chi connectivity index (χ3v) is 4.89. The number of benzene rings is 1. The van der Waals surface area contributed by atoms with Gasteiger partial charge >= 0.3 is 0 Å². The van der Waals surface area contributed by atoms with Crippen LogP contribution in [0.2, 0.25) is 0 Å². The maximum atomic E-state index is 12.3. The van der Waals surface area contributed by atoms with Crippen molar-refractivity contribution in [2.75, 3.05) is 7.11 Å². The third-order valence-electron chi connectivity index (χ3n) is 3.56. The van der Waals surface area contributed by atoms with Gasteiger partial charge in [0.1, 0.15) is 18.3 Å². The first-order valence-corrected chi connectivity index (χ1v) is 8.21. The lowest BCUT2D eigenvalue weighted by molar-refractivity contribution is -0.280. The van der Waals surface area contributed by atoms with E-state index in [-0.39, 0.29) is 4.90 Å². The van der Waals surface area contributed by atoms with E-state index in [0.29, 0.717) is 0 Å². The first-order valence-electron chi connectivity index (χ1n) is 6.80. The normalized spacial score (nSPS) is 32.9. The van der Waals surface area contributed by atoms with E-state index in [2.05, 4.69) is 0 Å². The highest BCUT2D eigenvalue weighted by Gasteiger charge is 2.46. The van der Waals surface area contributed by atoms with Crippen LogP contribution in [0.3, 0.4) is 0 Å². The lowest BCUT2D eigenvalue weighted by Gasteiger charge is -2.40. The van der Waals surface area contributed by atoms with Crippen molar-refractivity contribution in [1.82, 2.24) is 0 Å². The van der Waals surface area contributed by atoms with Crippen molar-refractivity contribution in [1.29, 1.82) is 0 Å². The van der Waals surface area contributed by atoms with Crippen molar-refractivity contribution >= 4 is 10.1 Å². The standard InChI is InChI=1S/C14H20O7S/c1-8-4-6-10(7-5-8)22(17,18)21-13-11(15)9(2)20-14(19-3)12(13)16/h4-7,9,11-16H,1-3H3/t9-,11-,12+,13+,14+/m0/s1. The second-order valence-electron chi connectivity index (χ2n) is 5.25. The van der Waals surface area contributed by atoms with Crippen LogP contribution in [0.1, 0.15) is 12.5 Å². The Hall–Kier alpha value is -1.03. The Bertz CT molecular complexity index is 598. The van der Waals surface area contributed by atoms with Gasteiger partial charge < -0.3 is 19.7 Å². The van der Waals surface area contributed by atoms with E-state index in [0.717, 1.165) is 5.56 Å². The second kappa shape index (κ2) is 6.61. The van der Waals surface area contributed by atoms with Gasteiger partial charge in [-0.05, 0) is 26.0 Å². The maximum Gasteiger partial charge on any atom is 0.297 e. The van der Waals surface area contributed by atoms with Gasteiger partial charge in [0.05, 0.1) is 11.0 Å². The zero-order chi connectivity index (χ0) is 16.5. The fourth-order valence-electron chi connectivity index (χ4n) is 2.21. The van der Waals surface area contributed by atoms with Crippen molar-refractivity contribution in [3.05, 3.63) is 29.8 Å². The molecule has 8 heteroatoms. The van der Waals surface area contributed by atoms with Gasteiger partial charge in [0.25, 0.3) is 10.1 Å². The van der Waals surface area contributed by atoms with Gasteiger partial charge in [-0.3, -0.25) is 4.18 Å². The summed E-state index contributed by atoms with van der Waals surface area (Å²) in [6, 6.07) is 6.07. The fourth-order valence-corrected chi connectivity index (χ4v) is 3.31. The molecule has 7 nitrogen and oxygen atoms in total. The predicted octanol–water partition coefficient (Wildman–Crippen LogP) is 0.182. The molecule has 1 aliphatic heterocycles. The molecule has 0 aliphatic carbocycles. The molecular weight excluding hydrogens is 312 g/mol. The predicted molar refractivity (Wildman–Crippen MR) is 76.6 cm³/mol. The smallest absolute Gasteiger partial charge is 0.297 e. The van der Waals surface area contributed by atoms with Gasteiger partial charge in [-0.2, -0.15) is 8.42 Å². The van der Waals surface area contributed by atoms with E-state index in [1.807, 2.05) is 6.92 Å². The molecule has 0 bridgehead atoms. The van der Waals surface area contributed by atoms with E-state index in [9.17, 15) is 18.6 Å². The summed E-state index contributed by atoms with van der Waals surface area (Å²) in [7, 11) is -2.82. The lowest BCUT2D eigenvalue weighted by Crippen LogP contribution is -2.58. The Morgan fingerprint density at radius 3 is 2.27 bits per heavy atom. The Kier molecular flexibility index (Phi) is 5.21. The molecule has 1 fully saturated rings. The highest BCUT2D eigenvalue weighted by atomic mass is 32.2. The monoisotopic (exact) mass is 332 g/mol. The van der Waals surface area contributed by atoms with Gasteiger partial charge in [0.2, 0.25) is 0 Å². The summed E-state index contributed by atoms with van der Waals surface area (Å²) in [5.41, 5.74) is 0.901. The molecule has 1 saturated heterocycles. The number of aliphatic hydroxyl groups is 2. The summed E-state index contributed by atoms with van der Waals surface area (Å²) in [4.78, 5) is -0.0504. The number of hydrogen-bond donors (Lipinski definition) is 2. The van der Waals surface area contributed by atoms with E-state index in [1.165, 1.54) is 26.2 Å². The van der Waals surface area contributed by atoms with Gasteiger partial charge in [0, 0.05) is 7.11 Å². The molecule has 5 atom stereocenters. The van der Waals surface area contributed by atoms with E-state index in [1.54, 1.807) is 12.1 Å². The molecule has 0 saturated carbocycles. The Balaban J connectivity index is 2.24. The molecule has 0 unspecified atom stereocenters. The van der Waals surface area contributed by atoms with Crippen LogP contribution in [0.15, 0.2) is 29.2 Å². The van der Waals surface area contributed by atoms with Crippen LogP contribution in [0, 0.1) is 6.92 Å². The van der Waals surface area contributed by atoms with Gasteiger partial charge in [-0.25, -0.2) is 0 Å². The molecule has 22 heavy (non-hydrogen) atoms. The molecule has 1 heterocycles. The minimum atomic E-state index is -4.13. The molecule has 1 aliphatic rings. The van der Waals surface area contributed by atoms with Crippen molar-refractivity contribution in [3.63, 3.8) is 0 Å². The molecule has 1 aromatic rings. The highest BCUT2D eigenvalue weighted by Crippen LogP contribution is 2.27. The molecule has 2 N–H and O–H groups in total. The summed E-state index contributed by atoms with van der Waals surface area (Å²) in [5, 5.41) is 20.1. The quantitative estimate of drug-likeness (QED) is 0.758. The van der Waals surface area contributed by atoms with Gasteiger partial charge in [-0.15, -0.1) is 0 Å². The van der Waals surface area contributed by atoms with Crippen LogP contribution in [-0.4, -0.2) is 56.4 Å². The van der Waals surface area contributed by atoms with Crippen LogP contribution < -0.4 is 0 Å². The van der Waals surface area contributed by atoms with Crippen molar-refractivity contribution in [2.24, 2.45) is 0 Å². The Morgan fingerprint density at radius 2 is 1.73 bits per heavy atom. The second-order valence-corrected chi connectivity index (χ2v) is 6.83. The summed E-state index contributed by atoms with van der Waals surface area (Å²) in [5.74, 6) is 0. The van der Waals surface area contributed by atoms with Crippen molar-refractivity contribution in [3.8, 4) is 0 Å². The summed E-state index contributed by atoms with van der Waals surface area (Å²) in [6.07, 6.45) is -5.93. The van der Waals surface area contributed by atoms with Crippen molar-refractivity contribution < 1.29 is 32.3 Å². The number of hydrogen-bond acceptors (Lipinski definition) is 7. The van der Waals surface area contributed by atoms with Crippen LogP contribution in [0.5, 0.6) is 0 Å². The first kappa shape index (κ1) is 17.3.